The number of halogens is 2. The molecule has 5 aromatic rings. The lowest BCUT2D eigenvalue weighted by atomic mass is 10.1. The fourth-order valence-electron chi connectivity index (χ4n) is 4.07. The first-order valence-electron chi connectivity index (χ1n) is 12.5. The molecule has 5 rings (SSSR count). The molecule has 0 bridgehead atoms. The number of rotatable bonds is 8. The van der Waals surface area contributed by atoms with Gasteiger partial charge in [0.25, 0.3) is 12.4 Å². The van der Waals surface area contributed by atoms with Gasteiger partial charge >= 0.3 is 0 Å². The van der Waals surface area contributed by atoms with E-state index in [2.05, 4.69) is 37.6 Å². The highest BCUT2D eigenvalue weighted by atomic mass is 32.1. The number of nitrogens with zero attached hydrogens (tertiary/aromatic N) is 4. The predicted octanol–water partition coefficient (Wildman–Crippen LogP) is 6.30. The van der Waals surface area contributed by atoms with Gasteiger partial charge in [-0.25, -0.2) is 23.7 Å². The topological polar surface area (TPSA) is 120 Å². The maximum absolute atomic E-state index is 14.1. The Morgan fingerprint density at radius 2 is 1.67 bits per heavy atom. The molecule has 1 amide bonds. The third kappa shape index (κ3) is 7.56. The first-order valence-corrected chi connectivity index (χ1v) is 13.4. The van der Waals surface area contributed by atoms with E-state index in [9.17, 15) is 13.6 Å². The zero-order valence-electron chi connectivity index (χ0n) is 22.6. The number of amides is 1. The van der Waals surface area contributed by atoms with Crippen molar-refractivity contribution in [2.75, 3.05) is 24.7 Å². The number of carbonyl (C=O) groups excluding carboxylic acids is 1. The number of thiazole rings is 1. The average Bonchev–Trinajstić information content (AvgIpc) is 3.44. The lowest BCUT2D eigenvalue weighted by Crippen LogP contribution is -2.15. The molecule has 3 N–H and O–H groups in total. The number of anilines is 3. The molecule has 0 atom stereocenters. The van der Waals surface area contributed by atoms with E-state index in [1.54, 1.807) is 36.0 Å². The van der Waals surface area contributed by atoms with Gasteiger partial charge in [0.15, 0.2) is 0 Å². The molecule has 0 aliphatic rings. The van der Waals surface area contributed by atoms with Crippen molar-refractivity contribution in [1.29, 1.82) is 0 Å². The number of aromatic nitrogens is 3. The highest BCUT2D eigenvalue weighted by Crippen LogP contribution is 2.35. The molecule has 2 heterocycles. The minimum Gasteiger partial charge on any atom is -0.483 e. The Kier molecular flexibility index (Phi) is 9.98. The zero-order valence-corrected chi connectivity index (χ0v) is 23.4. The van der Waals surface area contributed by atoms with E-state index in [4.69, 9.17) is 14.9 Å². The van der Waals surface area contributed by atoms with Crippen molar-refractivity contribution in [2.45, 2.75) is 6.54 Å². The standard InChI is InChI=1S/C29H24F2N6OS.CH2O2/c1-37(2)16-18-6-3-8-20(14-18)35-29-32-13-12-24(36-29)27-26(33-17-39-27)19-7-4-9-21(15-19)34-28(38)25-22(30)10-5-11-23(25)31;2-1-3/h3-15,17H,16H2,1-2H3,(H,34,38)(H,32,35,36);1H,(H,2,3). The largest absolute Gasteiger partial charge is 0.483 e. The Balaban J connectivity index is 0.00000129. The van der Waals surface area contributed by atoms with E-state index in [0.29, 0.717) is 28.6 Å². The minimum atomic E-state index is -0.928. The summed E-state index contributed by atoms with van der Waals surface area (Å²) in [6, 6.07) is 20.1. The summed E-state index contributed by atoms with van der Waals surface area (Å²) in [5.74, 6) is -2.28. The molecule has 0 radical (unpaired) electrons. The van der Waals surface area contributed by atoms with Gasteiger partial charge in [-0.05, 0) is 62.1 Å². The summed E-state index contributed by atoms with van der Waals surface area (Å²) >= 11 is 1.42. The second kappa shape index (κ2) is 14.0. The van der Waals surface area contributed by atoms with Crippen LogP contribution in [0.3, 0.4) is 0 Å². The molecule has 0 unspecified atom stereocenters. The summed E-state index contributed by atoms with van der Waals surface area (Å²) in [4.78, 5) is 37.4. The van der Waals surface area contributed by atoms with E-state index < -0.39 is 23.1 Å². The van der Waals surface area contributed by atoms with Crippen LogP contribution in [0.25, 0.3) is 21.8 Å². The fourth-order valence-corrected chi connectivity index (χ4v) is 4.85. The number of carboxylic acid groups (broad SMARTS) is 1. The van der Waals surface area contributed by atoms with Crippen molar-refractivity contribution < 1.29 is 23.5 Å². The van der Waals surface area contributed by atoms with Crippen LogP contribution in [0.4, 0.5) is 26.1 Å². The molecule has 12 heteroatoms. The fraction of sp³-hybridized carbons (Fsp3) is 0.100. The van der Waals surface area contributed by atoms with E-state index in [1.165, 1.54) is 17.4 Å². The summed E-state index contributed by atoms with van der Waals surface area (Å²) in [5.41, 5.74) is 5.55. The second-order valence-corrected chi connectivity index (χ2v) is 9.95. The number of carbonyl (C=O) groups is 2. The van der Waals surface area contributed by atoms with Crippen LogP contribution >= 0.6 is 11.3 Å². The lowest BCUT2D eigenvalue weighted by molar-refractivity contribution is -0.122. The number of nitrogens with one attached hydrogen (secondary N) is 2. The van der Waals surface area contributed by atoms with Gasteiger partial charge in [0, 0.05) is 29.7 Å². The monoisotopic (exact) mass is 588 g/mol. The molecule has 0 aliphatic heterocycles. The smallest absolute Gasteiger partial charge is 0.290 e. The SMILES string of the molecule is CN(C)Cc1cccc(Nc2nccc(-c3scnc3-c3cccc(NC(=O)c4c(F)cccc4F)c3)n2)c1.O=CO. The van der Waals surface area contributed by atoms with Crippen molar-refractivity contribution in [3.05, 3.63) is 107 Å². The highest BCUT2D eigenvalue weighted by Gasteiger charge is 2.18. The van der Waals surface area contributed by atoms with Crippen LogP contribution in [0, 0.1) is 11.6 Å². The minimum absolute atomic E-state index is 0.250. The number of hydrogen-bond acceptors (Lipinski definition) is 8. The van der Waals surface area contributed by atoms with Crippen LogP contribution in [0.5, 0.6) is 0 Å². The van der Waals surface area contributed by atoms with Gasteiger partial charge in [0.1, 0.15) is 17.2 Å². The highest BCUT2D eigenvalue weighted by molar-refractivity contribution is 7.13. The predicted molar refractivity (Wildman–Crippen MR) is 159 cm³/mol. The lowest BCUT2D eigenvalue weighted by Gasteiger charge is -2.12. The summed E-state index contributed by atoms with van der Waals surface area (Å²) in [7, 11) is 4.04. The first-order chi connectivity index (χ1) is 20.3. The summed E-state index contributed by atoms with van der Waals surface area (Å²) in [6.45, 7) is 0.565. The molecule has 3 aromatic carbocycles. The molecular formula is C30H26F2N6O3S. The molecule has 0 saturated carbocycles. The molecule has 214 valence electrons. The van der Waals surface area contributed by atoms with E-state index in [0.717, 1.165) is 34.8 Å². The van der Waals surface area contributed by atoms with Crippen LogP contribution in [-0.4, -0.2) is 51.4 Å². The molecule has 0 saturated heterocycles. The summed E-state index contributed by atoms with van der Waals surface area (Å²) < 4.78 is 28.1. The maximum atomic E-state index is 14.1. The van der Waals surface area contributed by atoms with Crippen LogP contribution in [0.15, 0.2) is 84.5 Å². The summed E-state index contributed by atoms with van der Waals surface area (Å²) in [6.07, 6.45) is 1.68. The van der Waals surface area contributed by atoms with Gasteiger partial charge in [-0.1, -0.05) is 30.3 Å². The summed E-state index contributed by atoms with van der Waals surface area (Å²) in [5, 5.41) is 12.7. The number of benzene rings is 3. The molecule has 2 aromatic heterocycles. The average molecular weight is 589 g/mol. The maximum Gasteiger partial charge on any atom is 0.290 e. The molecule has 0 fully saturated rings. The van der Waals surface area contributed by atoms with Crippen molar-refractivity contribution in [3.63, 3.8) is 0 Å². The number of hydrogen-bond donors (Lipinski definition) is 3. The molecule has 0 aliphatic carbocycles. The van der Waals surface area contributed by atoms with E-state index in [-0.39, 0.29) is 6.47 Å². The van der Waals surface area contributed by atoms with Gasteiger partial charge in [-0.15, -0.1) is 11.3 Å². The zero-order chi connectivity index (χ0) is 30.1. The molecule has 9 nitrogen and oxygen atoms in total. The van der Waals surface area contributed by atoms with Gasteiger partial charge < -0.3 is 20.6 Å². The first kappa shape index (κ1) is 29.9. The van der Waals surface area contributed by atoms with Gasteiger partial charge in [-0.3, -0.25) is 9.59 Å². The van der Waals surface area contributed by atoms with Crippen molar-refractivity contribution in [1.82, 2.24) is 19.9 Å². The van der Waals surface area contributed by atoms with Crippen molar-refractivity contribution >= 4 is 41.0 Å². The molecule has 42 heavy (non-hydrogen) atoms. The second-order valence-electron chi connectivity index (χ2n) is 9.10. The Morgan fingerprint density at radius 1 is 0.976 bits per heavy atom. The Morgan fingerprint density at radius 3 is 2.40 bits per heavy atom. The van der Waals surface area contributed by atoms with Crippen LogP contribution in [0.1, 0.15) is 15.9 Å². The third-order valence-electron chi connectivity index (χ3n) is 5.72. The van der Waals surface area contributed by atoms with Crippen LogP contribution in [-0.2, 0) is 11.3 Å². The van der Waals surface area contributed by atoms with Gasteiger partial charge in [0.05, 0.1) is 21.8 Å². The van der Waals surface area contributed by atoms with Crippen molar-refractivity contribution in [2.24, 2.45) is 0 Å². The van der Waals surface area contributed by atoms with Crippen LogP contribution in [0.2, 0.25) is 0 Å². The van der Waals surface area contributed by atoms with E-state index >= 15 is 0 Å². The normalized spacial score (nSPS) is 10.5. The van der Waals surface area contributed by atoms with Crippen LogP contribution < -0.4 is 10.6 Å². The molecule has 0 spiro atoms. The quantitative estimate of drug-likeness (QED) is 0.181. The van der Waals surface area contributed by atoms with Gasteiger partial charge in [-0.2, -0.15) is 0 Å². The van der Waals surface area contributed by atoms with Crippen molar-refractivity contribution in [3.8, 4) is 21.8 Å². The Bertz CT molecular complexity index is 1680. The Labute approximate surface area is 244 Å². The van der Waals surface area contributed by atoms with Gasteiger partial charge in [0.2, 0.25) is 5.95 Å². The third-order valence-corrected chi connectivity index (χ3v) is 6.57. The molecular weight excluding hydrogens is 562 g/mol. The Hall–Kier alpha value is -5.07. The van der Waals surface area contributed by atoms with E-state index in [1.807, 2.05) is 32.3 Å².